The Hall–Kier alpha value is -3.55. The maximum absolute atomic E-state index is 12.9. The predicted octanol–water partition coefficient (Wildman–Crippen LogP) is 2.52. The van der Waals surface area contributed by atoms with Gasteiger partial charge in [0.2, 0.25) is 11.8 Å². The highest BCUT2D eigenvalue weighted by molar-refractivity contribution is 6.04. The van der Waals surface area contributed by atoms with E-state index in [0.29, 0.717) is 22.8 Å². The molecule has 1 amide bonds. The van der Waals surface area contributed by atoms with Crippen LogP contribution in [0.5, 0.6) is 5.88 Å². The van der Waals surface area contributed by atoms with Gasteiger partial charge in [0, 0.05) is 11.8 Å². The van der Waals surface area contributed by atoms with E-state index in [1.165, 1.54) is 31.8 Å². The molecule has 0 atom stereocenters. The number of nitrogens with two attached hydrogens (primary N) is 1. The van der Waals surface area contributed by atoms with E-state index in [-0.39, 0.29) is 5.69 Å². The molecule has 0 radical (unpaired) electrons. The molecule has 2 aromatic heterocycles. The first kappa shape index (κ1) is 16.3. The number of amides is 1. The van der Waals surface area contributed by atoms with E-state index in [2.05, 4.69) is 20.3 Å². The molecule has 3 N–H and O–H groups in total. The van der Waals surface area contributed by atoms with Gasteiger partial charge in [-0.25, -0.2) is 15.0 Å². The second-order valence-electron chi connectivity index (χ2n) is 5.07. The fourth-order valence-electron chi connectivity index (χ4n) is 2.12. The first-order chi connectivity index (χ1) is 12.1. The molecule has 3 rings (SSSR count). The topological polar surface area (TPSA) is 103 Å². The van der Waals surface area contributed by atoms with Gasteiger partial charge >= 0.3 is 0 Å². The Balaban J connectivity index is 1.84. The summed E-state index contributed by atoms with van der Waals surface area (Å²) < 4.78 is 17.9. The van der Waals surface area contributed by atoms with Crippen molar-refractivity contribution < 1.29 is 13.9 Å². The molecule has 25 heavy (non-hydrogen) atoms. The molecule has 0 saturated heterocycles. The minimum Gasteiger partial charge on any atom is -0.480 e. The molecule has 0 aliphatic heterocycles. The molecule has 0 fully saturated rings. The number of rotatable bonds is 4. The first-order valence-corrected chi connectivity index (χ1v) is 7.25. The third-order valence-electron chi connectivity index (χ3n) is 3.43. The van der Waals surface area contributed by atoms with Crippen molar-refractivity contribution >= 4 is 17.3 Å². The Morgan fingerprint density at radius 2 is 1.88 bits per heavy atom. The summed E-state index contributed by atoms with van der Waals surface area (Å²) in [6.07, 6.45) is 4.05. The van der Waals surface area contributed by atoms with Crippen LogP contribution in [0.15, 0.2) is 48.9 Å². The van der Waals surface area contributed by atoms with Crippen molar-refractivity contribution in [2.45, 2.75) is 0 Å². The van der Waals surface area contributed by atoms with Gasteiger partial charge in [-0.3, -0.25) is 4.79 Å². The van der Waals surface area contributed by atoms with Gasteiger partial charge in [0.15, 0.2) is 0 Å². The lowest BCUT2D eigenvalue weighted by Crippen LogP contribution is -2.15. The lowest BCUT2D eigenvalue weighted by molar-refractivity contribution is 0.102. The molecule has 0 saturated carbocycles. The third kappa shape index (κ3) is 3.69. The van der Waals surface area contributed by atoms with Crippen LogP contribution in [0.3, 0.4) is 0 Å². The average Bonchev–Trinajstić information content (AvgIpc) is 2.64. The summed E-state index contributed by atoms with van der Waals surface area (Å²) in [4.78, 5) is 23.8. The van der Waals surface area contributed by atoms with Gasteiger partial charge in [-0.15, -0.1) is 0 Å². The van der Waals surface area contributed by atoms with Crippen molar-refractivity contribution in [1.82, 2.24) is 15.0 Å². The van der Waals surface area contributed by atoms with E-state index < -0.39 is 11.9 Å². The molecule has 8 heteroatoms. The van der Waals surface area contributed by atoms with E-state index in [4.69, 9.17) is 10.5 Å². The zero-order valence-electron chi connectivity index (χ0n) is 13.2. The highest BCUT2D eigenvalue weighted by Gasteiger charge is 2.12. The highest BCUT2D eigenvalue weighted by Crippen LogP contribution is 2.27. The molecule has 0 unspecified atom stereocenters. The number of anilines is 2. The van der Waals surface area contributed by atoms with Crippen molar-refractivity contribution in [3.8, 4) is 17.0 Å². The van der Waals surface area contributed by atoms with Gasteiger partial charge in [-0.2, -0.15) is 4.39 Å². The molecular formula is C17H14FN5O2. The van der Waals surface area contributed by atoms with Crippen molar-refractivity contribution in [3.63, 3.8) is 0 Å². The number of benzene rings is 1. The lowest BCUT2D eigenvalue weighted by atomic mass is 10.1. The number of hydrogen-bond donors (Lipinski definition) is 2. The van der Waals surface area contributed by atoms with Crippen LogP contribution in [-0.2, 0) is 0 Å². The fraction of sp³-hybridized carbons (Fsp3) is 0.0588. The molecule has 0 bridgehead atoms. The number of aromatic nitrogens is 3. The summed E-state index contributed by atoms with van der Waals surface area (Å²) in [7, 11) is 1.46. The number of nitrogens with zero attached hydrogens (tertiary/aromatic N) is 3. The minimum absolute atomic E-state index is 0.119. The van der Waals surface area contributed by atoms with Crippen LogP contribution in [0.2, 0.25) is 0 Å². The normalized spacial score (nSPS) is 10.3. The molecule has 0 spiro atoms. The monoisotopic (exact) mass is 339 g/mol. The van der Waals surface area contributed by atoms with E-state index in [1.807, 2.05) is 0 Å². The smallest absolute Gasteiger partial charge is 0.275 e. The molecule has 2 heterocycles. The lowest BCUT2D eigenvalue weighted by Gasteiger charge is -2.10. The molecule has 126 valence electrons. The summed E-state index contributed by atoms with van der Waals surface area (Å²) in [5.74, 6) is -0.719. The summed E-state index contributed by atoms with van der Waals surface area (Å²) in [6, 6.07) is 7.94. The van der Waals surface area contributed by atoms with Crippen LogP contribution < -0.4 is 15.8 Å². The number of nitrogen functional groups attached to an aromatic ring is 1. The van der Waals surface area contributed by atoms with Gasteiger partial charge in [0.1, 0.15) is 5.69 Å². The quantitative estimate of drug-likeness (QED) is 0.559. The van der Waals surface area contributed by atoms with E-state index in [1.54, 1.807) is 24.3 Å². The second-order valence-corrected chi connectivity index (χ2v) is 5.07. The highest BCUT2D eigenvalue weighted by atomic mass is 19.1. The average molecular weight is 339 g/mol. The Bertz CT molecular complexity index is 898. The molecule has 1 aromatic carbocycles. The van der Waals surface area contributed by atoms with Crippen LogP contribution in [-0.4, -0.2) is 28.0 Å². The number of nitrogens with one attached hydrogen (secondary N) is 1. The molecule has 3 aromatic rings. The van der Waals surface area contributed by atoms with Crippen molar-refractivity contribution in [3.05, 3.63) is 60.6 Å². The van der Waals surface area contributed by atoms with E-state index in [0.717, 1.165) is 5.56 Å². The van der Waals surface area contributed by atoms with Crippen molar-refractivity contribution in [1.29, 1.82) is 0 Å². The SMILES string of the molecule is COc1cnc(C(=O)Nc2cc(-c3ccc(F)nc3)ccc2N)cn1. The van der Waals surface area contributed by atoms with Crippen LogP contribution in [0.1, 0.15) is 10.5 Å². The standard InChI is InChI=1S/C17H14FN5O2/c1-25-16-9-20-14(8-22-16)17(24)23-13-6-10(2-4-12(13)19)11-3-5-15(18)21-7-11/h2-9H,19H2,1H3,(H,23,24). The van der Waals surface area contributed by atoms with E-state index in [9.17, 15) is 9.18 Å². The number of methoxy groups -OCH3 is 1. The maximum Gasteiger partial charge on any atom is 0.275 e. The summed E-state index contributed by atoms with van der Waals surface area (Å²) in [5.41, 5.74) is 8.26. The Kier molecular flexibility index (Phi) is 4.51. The van der Waals surface area contributed by atoms with Gasteiger partial charge in [-0.05, 0) is 29.8 Å². The predicted molar refractivity (Wildman–Crippen MR) is 90.6 cm³/mol. The number of ether oxygens (including phenoxy) is 1. The summed E-state index contributed by atoms with van der Waals surface area (Å²) in [5, 5.41) is 2.68. The number of halogens is 1. The Labute approximate surface area is 142 Å². The fourth-order valence-corrected chi connectivity index (χ4v) is 2.12. The molecular weight excluding hydrogens is 325 g/mol. The van der Waals surface area contributed by atoms with Gasteiger partial charge in [0.25, 0.3) is 5.91 Å². The summed E-state index contributed by atoms with van der Waals surface area (Å²) in [6.45, 7) is 0. The van der Waals surface area contributed by atoms with Gasteiger partial charge in [0.05, 0.1) is 30.9 Å². The number of carbonyl (C=O) groups excluding carboxylic acids is 1. The minimum atomic E-state index is -0.564. The zero-order valence-corrected chi connectivity index (χ0v) is 13.2. The third-order valence-corrected chi connectivity index (χ3v) is 3.43. The maximum atomic E-state index is 12.9. The first-order valence-electron chi connectivity index (χ1n) is 7.25. The second kappa shape index (κ2) is 6.91. The zero-order chi connectivity index (χ0) is 17.8. The van der Waals surface area contributed by atoms with Crippen molar-refractivity contribution in [2.24, 2.45) is 0 Å². The molecule has 0 aliphatic carbocycles. The van der Waals surface area contributed by atoms with Crippen LogP contribution in [0.4, 0.5) is 15.8 Å². The van der Waals surface area contributed by atoms with E-state index >= 15 is 0 Å². The van der Waals surface area contributed by atoms with Crippen LogP contribution in [0, 0.1) is 5.95 Å². The van der Waals surface area contributed by atoms with Crippen LogP contribution in [0.25, 0.3) is 11.1 Å². The van der Waals surface area contributed by atoms with Gasteiger partial charge < -0.3 is 15.8 Å². The molecule has 7 nitrogen and oxygen atoms in total. The largest absolute Gasteiger partial charge is 0.480 e. The summed E-state index contributed by atoms with van der Waals surface area (Å²) >= 11 is 0. The number of hydrogen-bond acceptors (Lipinski definition) is 6. The Morgan fingerprint density at radius 3 is 2.52 bits per heavy atom. The van der Waals surface area contributed by atoms with Gasteiger partial charge in [-0.1, -0.05) is 6.07 Å². The Morgan fingerprint density at radius 1 is 1.08 bits per heavy atom. The van der Waals surface area contributed by atoms with Crippen LogP contribution >= 0.6 is 0 Å². The number of pyridine rings is 1. The van der Waals surface area contributed by atoms with Crippen molar-refractivity contribution in [2.75, 3.05) is 18.2 Å². The molecule has 0 aliphatic rings. The number of carbonyl (C=O) groups is 1.